The Labute approximate surface area is 63.8 Å². The van der Waals surface area contributed by atoms with Gasteiger partial charge >= 0.3 is 0 Å². The molecule has 0 aromatic heterocycles. The fourth-order valence-corrected chi connectivity index (χ4v) is 1.01. The summed E-state index contributed by atoms with van der Waals surface area (Å²) in [5.41, 5.74) is 0. The summed E-state index contributed by atoms with van der Waals surface area (Å²) in [7, 11) is 2.31. The summed E-state index contributed by atoms with van der Waals surface area (Å²) >= 11 is 3.15. The lowest BCUT2D eigenvalue weighted by Gasteiger charge is -1.93. The van der Waals surface area contributed by atoms with Crippen molar-refractivity contribution in [2.45, 2.75) is 0 Å². The minimum atomic E-state index is -0.200. The Balaban J connectivity index is 3.17. The topological polar surface area (TPSA) is 0 Å². The van der Waals surface area contributed by atoms with E-state index in [4.69, 9.17) is 0 Å². The predicted octanol–water partition coefficient (Wildman–Crippen LogP) is 2.09. The molecule has 0 amide bonds. The third kappa shape index (κ3) is 1.74. The molecule has 1 rings (SSSR count). The molecule has 0 nitrogen and oxygen atoms in total. The fourth-order valence-electron chi connectivity index (χ4n) is 0.502. The zero-order chi connectivity index (χ0) is 6.85. The van der Waals surface area contributed by atoms with Crippen molar-refractivity contribution in [2.75, 3.05) is 0 Å². The van der Waals surface area contributed by atoms with Crippen LogP contribution in [0.4, 0.5) is 4.39 Å². The number of halogens is 2. The lowest BCUT2D eigenvalue weighted by Crippen LogP contribution is -1.95. The van der Waals surface area contributed by atoms with Crippen molar-refractivity contribution in [3.05, 3.63) is 28.5 Å². The average molecular weight is 207 g/mol. The molecule has 0 bridgehead atoms. The average Bonchev–Trinajstić information content (AvgIpc) is 1.80. The molecule has 0 saturated carbocycles. The van der Waals surface area contributed by atoms with Crippen LogP contribution in [0.3, 0.4) is 0 Å². The highest BCUT2D eigenvalue weighted by Crippen LogP contribution is 2.10. The third-order valence-electron chi connectivity index (χ3n) is 0.962. The number of hydrogen-bond acceptors (Lipinski definition) is 0. The largest absolute Gasteiger partial charge is 0.206 e. The maximum atomic E-state index is 12.5. The first-order valence-electron chi connectivity index (χ1n) is 2.40. The summed E-state index contributed by atoms with van der Waals surface area (Å²) in [6, 6.07) is 4.93. The first kappa shape index (κ1) is 7.17. The van der Waals surface area contributed by atoms with Gasteiger partial charge in [-0.25, -0.2) is 4.39 Å². The van der Waals surface area contributed by atoms with E-state index in [0.717, 1.165) is 4.47 Å². The first-order chi connectivity index (χ1) is 4.20. The minimum absolute atomic E-state index is 0.200. The van der Waals surface area contributed by atoms with Gasteiger partial charge in [0, 0.05) is 9.78 Å². The molecule has 3 heteroatoms. The van der Waals surface area contributed by atoms with Gasteiger partial charge in [0.2, 0.25) is 0 Å². The lowest BCUT2D eigenvalue weighted by atomic mass is 10.3. The highest BCUT2D eigenvalue weighted by atomic mass is 79.9. The zero-order valence-corrected chi connectivity index (χ0v) is 7.31. The van der Waals surface area contributed by atoms with E-state index in [9.17, 15) is 4.39 Å². The molecule has 0 fully saturated rings. The first-order valence-corrected chi connectivity index (χ1v) is 3.78. The van der Waals surface area contributed by atoms with Crippen molar-refractivity contribution in [3.63, 3.8) is 0 Å². The molecule has 0 radical (unpaired) electrons. The van der Waals surface area contributed by atoms with Gasteiger partial charge in [-0.3, -0.25) is 0 Å². The predicted molar refractivity (Wildman–Crippen MR) is 43.4 cm³/mol. The Morgan fingerprint density at radius 3 is 2.56 bits per heavy atom. The van der Waals surface area contributed by atoms with Crippen LogP contribution in [0.15, 0.2) is 22.7 Å². The Bertz CT molecular complexity index is 224. The standard InChI is InChI=1S/C6H5BrFP/c7-4-1-2-6(9)5(8)3-4/h1-3H,9H2. The SMILES string of the molecule is Fc1cc(Br)ccc1P. The number of benzene rings is 1. The van der Waals surface area contributed by atoms with Gasteiger partial charge in [-0.1, -0.05) is 22.0 Å². The van der Waals surface area contributed by atoms with Crippen LogP contribution in [0.2, 0.25) is 0 Å². The second-order valence-electron chi connectivity index (χ2n) is 1.67. The second kappa shape index (κ2) is 2.76. The van der Waals surface area contributed by atoms with E-state index >= 15 is 0 Å². The zero-order valence-electron chi connectivity index (χ0n) is 4.57. The maximum absolute atomic E-state index is 12.5. The molecule has 1 aromatic carbocycles. The maximum Gasteiger partial charge on any atom is 0.131 e. The van der Waals surface area contributed by atoms with Gasteiger partial charge in [0.05, 0.1) is 0 Å². The van der Waals surface area contributed by atoms with Crippen LogP contribution in [0.1, 0.15) is 0 Å². The van der Waals surface area contributed by atoms with Crippen LogP contribution < -0.4 is 5.30 Å². The van der Waals surface area contributed by atoms with Gasteiger partial charge < -0.3 is 0 Å². The Kier molecular flexibility index (Phi) is 2.20. The van der Waals surface area contributed by atoms with Crippen LogP contribution in [-0.4, -0.2) is 0 Å². The van der Waals surface area contributed by atoms with Crippen LogP contribution >= 0.6 is 25.2 Å². The molecule has 0 spiro atoms. The Morgan fingerprint density at radius 2 is 2.11 bits per heavy atom. The second-order valence-corrected chi connectivity index (χ2v) is 3.20. The molecule has 1 aromatic rings. The van der Waals surface area contributed by atoms with Gasteiger partial charge in [0.15, 0.2) is 0 Å². The molecular formula is C6H5BrFP. The molecule has 9 heavy (non-hydrogen) atoms. The van der Waals surface area contributed by atoms with Gasteiger partial charge in [-0.2, -0.15) is 0 Å². The van der Waals surface area contributed by atoms with E-state index in [0.29, 0.717) is 5.30 Å². The van der Waals surface area contributed by atoms with E-state index in [2.05, 4.69) is 25.2 Å². The minimum Gasteiger partial charge on any atom is -0.206 e. The fraction of sp³-hybridized carbons (Fsp3) is 0. The molecule has 0 aliphatic heterocycles. The third-order valence-corrected chi connectivity index (χ3v) is 1.92. The number of rotatable bonds is 0. The normalized spacial score (nSPS) is 9.67. The van der Waals surface area contributed by atoms with E-state index in [1.807, 2.05) is 0 Å². The number of hydrogen-bond donors (Lipinski definition) is 0. The smallest absolute Gasteiger partial charge is 0.131 e. The van der Waals surface area contributed by atoms with Gasteiger partial charge in [-0.15, -0.1) is 9.24 Å². The van der Waals surface area contributed by atoms with Gasteiger partial charge in [0.1, 0.15) is 5.82 Å². The van der Waals surface area contributed by atoms with Crippen molar-refractivity contribution in [2.24, 2.45) is 0 Å². The summed E-state index contributed by atoms with van der Waals surface area (Å²) in [4.78, 5) is 0. The van der Waals surface area contributed by atoms with Crippen molar-refractivity contribution < 1.29 is 4.39 Å². The molecule has 0 aliphatic rings. The lowest BCUT2D eigenvalue weighted by molar-refractivity contribution is 0.636. The van der Waals surface area contributed by atoms with E-state index in [1.165, 1.54) is 6.07 Å². The van der Waals surface area contributed by atoms with E-state index in [1.54, 1.807) is 12.1 Å². The molecule has 0 aliphatic carbocycles. The summed E-state index contributed by atoms with van der Waals surface area (Å²) in [6.07, 6.45) is 0. The summed E-state index contributed by atoms with van der Waals surface area (Å²) in [5, 5.41) is 0.596. The van der Waals surface area contributed by atoms with E-state index in [-0.39, 0.29) is 5.82 Å². The quantitative estimate of drug-likeness (QED) is 0.571. The van der Waals surface area contributed by atoms with Crippen LogP contribution in [0.25, 0.3) is 0 Å². The summed E-state index contributed by atoms with van der Waals surface area (Å²) in [6.45, 7) is 0. The van der Waals surface area contributed by atoms with E-state index < -0.39 is 0 Å². The van der Waals surface area contributed by atoms with Crippen LogP contribution in [0.5, 0.6) is 0 Å². The van der Waals surface area contributed by atoms with Crippen molar-refractivity contribution in [1.29, 1.82) is 0 Å². The van der Waals surface area contributed by atoms with Crippen LogP contribution in [0, 0.1) is 5.82 Å². The summed E-state index contributed by atoms with van der Waals surface area (Å²) < 4.78 is 13.3. The molecule has 1 atom stereocenters. The highest BCUT2D eigenvalue weighted by molar-refractivity contribution is 9.10. The van der Waals surface area contributed by atoms with Crippen molar-refractivity contribution in [3.8, 4) is 0 Å². The van der Waals surface area contributed by atoms with Crippen LogP contribution in [-0.2, 0) is 0 Å². The highest BCUT2D eigenvalue weighted by Gasteiger charge is 1.94. The van der Waals surface area contributed by atoms with Crippen molar-refractivity contribution in [1.82, 2.24) is 0 Å². The van der Waals surface area contributed by atoms with Gasteiger partial charge in [-0.05, 0) is 12.1 Å². The molecule has 48 valence electrons. The molecule has 0 N–H and O–H groups in total. The van der Waals surface area contributed by atoms with Gasteiger partial charge in [0.25, 0.3) is 0 Å². The Hall–Kier alpha value is 0.0600. The molecule has 0 saturated heterocycles. The molecular weight excluding hydrogens is 202 g/mol. The summed E-state index contributed by atoms with van der Waals surface area (Å²) in [5.74, 6) is -0.200. The Morgan fingerprint density at radius 1 is 1.44 bits per heavy atom. The van der Waals surface area contributed by atoms with Crippen molar-refractivity contribution >= 4 is 30.5 Å². The molecule has 1 unspecified atom stereocenters. The monoisotopic (exact) mass is 206 g/mol. The molecule has 0 heterocycles.